The molecule has 5 heterocycles. The van der Waals surface area contributed by atoms with Crippen molar-refractivity contribution in [2.75, 3.05) is 0 Å². The summed E-state index contributed by atoms with van der Waals surface area (Å²) in [5.74, 6) is 9.92. The van der Waals surface area contributed by atoms with Crippen molar-refractivity contribution in [1.82, 2.24) is 24.9 Å². The predicted octanol–water partition coefficient (Wildman–Crippen LogP) is 29.8. The zero-order valence-corrected chi connectivity index (χ0v) is 115. The second-order valence-corrected chi connectivity index (χ2v) is 38.9. The van der Waals surface area contributed by atoms with Gasteiger partial charge in [-0.25, -0.2) is 24.3 Å². The molecule has 0 aliphatic heterocycles. The maximum Gasteiger partial charge on any atom is 2.00 e. The van der Waals surface area contributed by atoms with Crippen LogP contribution >= 0.6 is 0 Å². The van der Waals surface area contributed by atoms with Gasteiger partial charge in [0, 0.05) is 260 Å². The Balaban J connectivity index is -0.0000000317. The molecule has 7 rings (SSSR count). The monoisotopic (exact) mass is 2500 g/mol. The number of pyridine rings is 5. The van der Waals surface area contributed by atoms with Crippen molar-refractivity contribution in [3.05, 3.63) is 264 Å². The van der Waals surface area contributed by atoms with E-state index in [-0.39, 0.29) is 390 Å². The molecule has 21 radical (unpaired) electrons. The SMILES string of the molecule is CC(C)(C)Cc1c[c-]ccc1.CC(C)(C)Cc1c[c-]ccn1.CC(C)(C)Cc1c[c-]cnc1.CC(C)(C)Cc1c[c-]ncc1.CC(C)(C)Cc1cc[c-]cc1.CC(C)(C)Cc1cc[c-]cn1.CC(C)(C)Cc1cc[c-]nc1.C[C-](C)C.C[C-](C)C.C[C-](C)C.C[C-](C)C.C[C-](C)C.C[C-](C)C.C[C-](C)C.[V+2].[V+2].[V+2].[V+2].[V+2].[V+2].[V+2].[V].[V].[V].[V].[V].[V].[V].[V].[V].[V].[V].[V].[V].[V]. The minimum atomic E-state index is 0. The van der Waals surface area contributed by atoms with Crippen LogP contribution in [0.2, 0.25) is 0 Å². The molecule has 0 amide bonds. The molecular weight excluding hydrogens is 2340 g/mol. The molecule has 5 nitrogen and oxygen atoms in total. The van der Waals surface area contributed by atoms with Gasteiger partial charge in [-0.2, -0.15) is 277 Å². The van der Waals surface area contributed by atoms with Crippen LogP contribution in [0.1, 0.15) is 330 Å². The largest absolute Gasteiger partial charge is 2.00 e. The predicted molar refractivity (Wildman–Crippen MR) is 470 cm³/mol. The maximum absolute atomic E-state index is 4.23. The average molecular weight is 2510 g/mol. The number of benzene rings is 2. The van der Waals surface area contributed by atoms with Crippen molar-refractivity contribution >= 4 is 0 Å². The fraction of sp³-hybridized carbons (Fsp3) is 0.560. The van der Waals surface area contributed by atoms with Gasteiger partial charge in [0.2, 0.25) is 0 Å². The first-order chi connectivity index (χ1) is 47.7. The van der Waals surface area contributed by atoms with E-state index in [1.54, 1.807) is 24.8 Å². The Bertz CT molecular complexity index is 2330. The Kier molecular flexibility index (Phi) is 212. The summed E-state index contributed by atoms with van der Waals surface area (Å²) in [5, 5.41) is 0. The molecule has 0 spiro atoms. The van der Waals surface area contributed by atoms with E-state index >= 15 is 0 Å². The van der Waals surface area contributed by atoms with E-state index in [0.717, 1.165) is 56.3 Å². The molecule has 0 saturated carbocycles. The van der Waals surface area contributed by atoms with E-state index in [9.17, 15) is 0 Å². The summed E-state index contributed by atoms with van der Waals surface area (Å²) in [5.41, 5.74) is 11.4. The Morgan fingerprint density at radius 3 is 0.802 bits per heavy atom. The van der Waals surface area contributed by atoms with Crippen molar-refractivity contribution in [3.63, 3.8) is 0 Å². The molecule has 693 valence electrons. The minimum Gasteiger partial charge on any atom is -0.394 e. The second kappa shape index (κ2) is 128. The van der Waals surface area contributed by atoms with Gasteiger partial charge in [-0.15, -0.1) is 5.56 Å². The van der Waals surface area contributed by atoms with Crippen molar-refractivity contribution in [1.29, 1.82) is 0 Å². The standard InChI is InChI=1S/2C11H15.5C10H14N.7C4H9.21V/c2*1-11(2,3)9-10-7-5-4-6-8-10;1-10(2,3)8-9-4-6-11-7-5-9;2*1-10(2,3)7-9-5-4-6-11-8-9;2*1-10(2,3)8-9-6-4-5-7-11-9;7*1-4(2)3;;;;;;;;;;;;;;;;;;;;;/h5-8H,9H2,1-3H3;4-5,7-8H,9H2,1-3H3;4-6H,8H2,1-3H3;5-6,8H,7H2,1-3H3;4-5,8H,7H2,1-3H3;5-7H,8H2,1-3H3;4,6-7H,8H2,1-3H3;7*1-3H3;;;;;;;;;;;;;;;;;;;;;/q14*-1;;;;;;;;;;;;;;;7*+2. The topological polar surface area (TPSA) is 64.5 Å². The van der Waals surface area contributed by atoms with Gasteiger partial charge in [-0.3, -0.25) is 0 Å². The number of aromatic nitrogens is 5. The molecule has 0 aliphatic carbocycles. The summed E-state index contributed by atoms with van der Waals surface area (Å²) < 4.78 is 0. The summed E-state index contributed by atoms with van der Waals surface area (Å²) in [6.45, 7) is 90.6. The van der Waals surface area contributed by atoms with Crippen LogP contribution in [0, 0.1) is 122 Å². The third-order valence-corrected chi connectivity index (χ3v) is 10.0. The average Bonchev–Trinajstić information content (AvgIpc) is 0.961. The van der Waals surface area contributed by atoms with Gasteiger partial charge in [-0.05, 0) is 62.9 Å². The first-order valence-corrected chi connectivity index (χ1v) is 38.0. The van der Waals surface area contributed by atoms with Crippen LogP contribution < -0.4 is 0 Å². The molecule has 7 aromatic rings. The molecule has 26 heteroatoms. The van der Waals surface area contributed by atoms with Gasteiger partial charge in [-0.1, -0.05) is 226 Å². The zero-order chi connectivity index (χ0) is 83.3. The summed E-state index contributed by atoms with van der Waals surface area (Å²) in [6, 6.07) is 49.0. The Labute approximate surface area is 1040 Å². The second-order valence-electron chi connectivity index (χ2n) is 38.9. The molecule has 126 heavy (non-hydrogen) atoms. The maximum atomic E-state index is 4.23. The van der Waals surface area contributed by atoms with E-state index < -0.39 is 0 Å². The summed E-state index contributed by atoms with van der Waals surface area (Å²) in [7, 11) is 0. The quantitative estimate of drug-likeness (QED) is 0.149. The van der Waals surface area contributed by atoms with E-state index in [1.807, 2.05) is 85.2 Å². The van der Waals surface area contributed by atoms with E-state index in [2.05, 4.69) is 389 Å². The Hall–Kier alpha value is 6.46. The zero-order valence-electron chi connectivity index (χ0n) is 85.9. The molecular formula is C100H163N5V21. The third kappa shape index (κ3) is 230. The van der Waals surface area contributed by atoms with Gasteiger partial charge >= 0.3 is 130 Å². The molecule has 0 N–H and O–H groups in total. The van der Waals surface area contributed by atoms with Crippen LogP contribution in [-0.4, -0.2) is 24.9 Å². The normalized spacial score (nSPS) is 9.06. The van der Waals surface area contributed by atoms with E-state index in [0.29, 0.717) is 37.9 Å². The van der Waals surface area contributed by atoms with Gasteiger partial charge in [0.1, 0.15) is 0 Å². The van der Waals surface area contributed by atoms with Crippen LogP contribution in [0.15, 0.2) is 140 Å². The Morgan fingerprint density at radius 1 is 0.230 bits per heavy atom. The number of rotatable bonds is 7. The number of hydrogen-bond donors (Lipinski definition) is 0. The molecule has 0 saturated heterocycles. The van der Waals surface area contributed by atoms with Gasteiger partial charge in [0.15, 0.2) is 0 Å². The van der Waals surface area contributed by atoms with E-state index in [1.165, 1.54) is 69.2 Å². The summed E-state index contributed by atoms with van der Waals surface area (Å²) in [6.07, 6.45) is 23.9. The fourth-order valence-corrected chi connectivity index (χ4v) is 7.50. The number of nitrogens with zero attached hydrogens (tertiary/aromatic N) is 5. The van der Waals surface area contributed by atoms with Crippen molar-refractivity contribution in [3.8, 4) is 0 Å². The molecule has 0 bridgehead atoms. The molecule has 2 aromatic carbocycles. The molecule has 0 aliphatic rings. The smallest absolute Gasteiger partial charge is 0.394 e. The van der Waals surface area contributed by atoms with Gasteiger partial charge < -0.3 is 66.3 Å². The minimum absolute atomic E-state index is 0. The van der Waals surface area contributed by atoms with Crippen LogP contribution in [0.4, 0.5) is 0 Å². The van der Waals surface area contributed by atoms with Crippen LogP contribution in [-0.2, 0) is 435 Å². The molecule has 0 atom stereocenters. The van der Waals surface area contributed by atoms with Crippen LogP contribution in [0.3, 0.4) is 0 Å². The third-order valence-electron chi connectivity index (χ3n) is 10.0. The Morgan fingerprint density at radius 2 is 0.532 bits per heavy atom. The van der Waals surface area contributed by atoms with Crippen LogP contribution in [0.25, 0.3) is 0 Å². The molecule has 0 fully saturated rings. The first kappa shape index (κ1) is 210. The van der Waals surface area contributed by atoms with Crippen molar-refractivity contribution in [2.45, 2.75) is 336 Å². The van der Waals surface area contributed by atoms with Gasteiger partial charge in [0.25, 0.3) is 0 Å². The summed E-state index contributed by atoms with van der Waals surface area (Å²) in [4.78, 5) is 20.2. The number of hydrogen-bond acceptors (Lipinski definition) is 5. The van der Waals surface area contributed by atoms with Crippen LogP contribution in [0.5, 0.6) is 0 Å². The first-order valence-electron chi connectivity index (χ1n) is 38.0. The molecule has 0 unspecified atom stereocenters. The van der Waals surface area contributed by atoms with E-state index in [4.69, 9.17) is 0 Å². The van der Waals surface area contributed by atoms with Crippen molar-refractivity contribution in [2.24, 2.45) is 37.9 Å². The molecule has 5 aromatic heterocycles. The van der Waals surface area contributed by atoms with Crippen molar-refractivity contribution < 1.29 is 390 Å². The van der Waals surface area contributed by atoms with Gasteiger partial charge in [0.05, 0.1) is 0 Å². The summed E-state index contributed by atoms with van der Waals surface area (Å²) >= 11 is 0. The fourth-order valence-electron chi connectivity index (χ4n) is 7.50.